The van der Waals surface area contributed by atoms with Crippen LogP contribution in [0.5, 0.6) is 0 Å². The zero-order valence-electron chi connectivity index (χ0n) is 12.2. The average Bonchev–Trinajstić information content (AvgIpc) is 3.30. The summed E-state index contributed by atoms with van der Waals surface area (Å²) >= 11 is 1.83. The third-order valence-electron chi connectivity index (χ3n) is 4.07. The van der Waals surface area contributed by atoms with Gasteiger partial charge in [0.25, 0.3) is 0 Å². The monoisotopic (exact) mass is 311 g/mol. The van der Waals surface area contributed by atoms with Crippen molar-refractivity contribution in [3.63, 3.8) is 0 Å². The molecule has 2 aromatic heterocycles. The van der Waals surface area contributed by atoms with Crippen molar-refractivity contribution >= 4 is 11.3 Å². The number of aromatic nitrogens is 2. The first kappa shape index (κ1) is 13.7. The van der Waals surface area contributed by atoms with Crippen LogP contribution >= 0.6 is 11.3 Å². The Hall–Kier alpha value is -1.98. The van der Waals surface area contributed by atoms with Crippen molar-refractivity contribution in [1.82, 2.24) is 15.0 Å². The van der Waals surface area contributed by atoms with Gasteiger partial charge in [0, 0.05) is 16.5 Å². The third kappa shape index (κ3) is 2.69. The molecule has 4 rings (SSSR count). The van der Waals surface area contributed by atoms with Gasteiger partial charge in [-0.3, -0.25) is 4.90 Å². The molecule has 0 saturated carbocycles. The van der Waals surface area contributed by atoms with E-state index in [2.05, 4.69) is 32.6 Å². The first-order valence-corrected chi connectivity index (χ1v) is 8.43. The van der Waals surface area contributed by atoms with Gasteiger partial charge in [0.2, 0.25) is 11.7 Å². The molecule has 1 atom stereocenters. The second-order valence-corrected chi connectivity index (χ2v) is 6.50. The molecule has 3 aromatic rings. The Labute approximate surface area is 133 Å². The third-order valence-corrected chi connectivity index (χ3v) is 5.05. The first-order valence-electron chi connectivity index (χ1n) is 7.55. The maximum absolute atomic E-state index is 5.45. The molecule has 0 amide bonds. The zero-order chi connectivity index (χ0) is 14.8. The molecule has 3 heterocycles. The second-order valence-electron chi connectivity index (χ2n) is 5.52. The van der Waals surface area contributed by atoms with E-state index in [4.69, 9.17) is 4.52 Å². The van der Waals surface area contributed by atoms with Crippen LogP contribution in [0.3, 0.4) is 0 Å². The lowest BCUT2D eigenvalue weighted by molar-refractivity contribution is 0.214. The second kappa shape index (κ2) is 6.02. The Bertz CT molecular complexity index is 723. The molecular formula is C17H17N3OS. The van der Waals surface area contributed by atoms with Crippen LogP contribution in [-0.4, -0.2) is 21.6 Å². The van der Waals surface area contributed by atoms with E-state index in [1.165, 1.54) is 17.7 Å². The smallest absolute Gasteiger partial charge is 0.241 e. The average molecular weight is 311 g/mol. The van der Waals surface area contributed by atoms with Crippen LogP contribution in [-0.2, 0) is 6.54 Å². The lowest BCUT2D eigenvalue weighted by Gasteiger charge is -2.21. The molecule has 0 radical (unpaired) electrons. The van der Waals surface area contributed by atoms with Crippen molar-refractivity contribution in [3.05, 3.63) is 58.6 Å². The molecule has 22 heavy (non-hydrogen) atoms. The molecule has 1 unspecified atom stereocenters. The van der Waals surface area contributed by atoms with E-state index < -0.39 is 0 Å². The Kier molecular flexibility index (Phi) is 3.74. The highest BCUT2D eigenvalue weighted by molar-refractivity contribution is 7.10. The number of hydrogen-bond donors (Lipinski definition) is 0. The molecule has 1 saturated heterocycles. The molecule has 1 aliphatic heterocycles. The highest BCUT2D eigenvalue weighted by atomic mass is 32.1. The quantitative estimate of drug-likeness (QED) is 0.726. The zero-order valence-corrected chi connectivity index (χ0v) is 13.0. The van der Waals surface area contributed by atoms with Crippen molar-refractivity contribution in [1.29, 1.82) is 0 Å². The minimum atomic E-state index is 0.493. The molecule has 5 heteroatoms. The van der Waals surface area contributed by atoms with Gasteiger partial charge in [-0.05, 0) is 30.8 Å². The number of hydrogen-bond acceptors (Lipinski definition) is 5. The van der Waals surface area contributed by atoms with Crippen LogP contribution in [0.1, 0.15) is 29.7 Å². The van der Waals surface area contributed by atoms with Crippen molar-refractivity contribution < 1.29 is 4.52 Å². The largest absolute Gasteiger partial charge is 0.338 e. The van der Waals surface area contributed by atoms with E-state index in [-0.39, 0.29) is 0 Å². The van der Waals surface area contributed by atoms with Crippen LogP contribution in [0, 0.1) is 0 Å². The molecule has 4 nitrogen and oxygen atoms in total. The van der Waals surface area contributed by atoms with Crippen molar-refractivity contribution in [2.45, 2.75) is 25.4 Å². The highest BCUT2D eigenvalue weighted by Gasteiger charge is 2.28. The number of rotatable bonds is 4. The Morgan fingerprint density at radius 2 is 2.09 bits per heavy atom. The van der Waals surface area contributed by atoms with E-state index >= 15 is 0 Å². The minimum absolute atomic E-state index is 0.493. The van der Waals surface area contributed by atoms with Gasteiger partial charge in [-0.25, -0.2) is 0 Å². The van der Waals surface area contributed by atoms with Gasteiger partial charge in [0.15, 0.2) is 0 Å². The molecule has 1 aromatic carbocycles. The van der Waals surface area contributed by atoms with Gasteiger partial charge < -0.3 is 4.52 Å². The van der Waals surface area contributed by atoms with Gasteiger partial charge in [-0.1, -0.05) is 41.6 Å². The number of nitrogens with zero attached hydrogens (tertiary/aromatic N) is 3. The summed E-state index contributed by atoms with van der Waals surface area (Å²) in [7, 11) is 0. The van der Waals surface area contributed by atoms with Crippen LogP contribution in [0.15, 0.2) is 52.4 Å². The minimum Gasteiger partial charge on any atom is -0.338 e. The molecule has 1 aliphatic rings. The standard InChI is InChI=1S/C17H17N3OS/c1-2-6-13(7-3-1)17-18-16(21-19-17)12-20-10-4-8-14(20)15-9-5-11-22-15/h1-3,5-7,9,11,14H,4,8,10,12H2. The maximum atomic E-state index is 5.45. The number of likely N-dealkylation sites (tertiary alicyclic amines) is 1. The molecule has 112 valence electrons. The van der Waals surface area contributed by atoms with Crippen LogP contribution in [0.2, 0.25) is 0 Å². The summed E-state index contributed by atoms with van der Waals surface area (Å²) in [5.41, 5.74) is 0.994. The Morgan fingerprint density at radius 1 is 1.18 bits per heavy atom. The van der Waals surface area contributed by atoms with Gasteiger partial charge in [-0.15, -0.1) is 11.3 Å². The van der Waals surface area contributed by atoms with Crippen LogP contribution in [0.4, 0.5) is 0 Å². The molecule has 0 aliphatic carbocycles. The van der Waals surface area contributed by atoms with Gasteiger partial charge in [0.05, 0.1) is 6.54 Å². The topological polar surface area (TPSA) is 42.2 Å². The SMILES string of the molecule is c1ccc(-c2noc(CN3CCCC3c3cccs3)n2)cc1. The molecule has 1 fully saturated rings. The van der Waals surface area contributed by atoms with Gasteiger partial charge in [0.1, 0.15) is 0 Å². The van der Waals surface area contributed by atoms with Crippen molar-refractivity contribution in [2.75, 3.05) is 6.54 Å². The van der Waals surface area contributed by atoms with Gasteiger partial charge >= 0.3 is 0 Å². The lowest BCUT2D eigenvalue weighted by Crippen LogP contribution is -2.22. The Morgan fingerprint density at radius 3 is 2.91 bits per heavy atom. The summed E-state index contributed by atoms with van der Waals surface area (Å²) in [6.07, 6.45) is 2.43. The van der Waals surface area contributed by atoms with E-state index in [1.54, 1.807) is 0 Å². The summed E-state index contributed by atoms with van der Waals surface area (Å²) in [5, 5.41) is 6.25. The van der Waals surface area contributed by atoms with E-state index in [1.807, 2.05) is 41.7 Å². The highest BCUT2D eigenvalue weighted by Crippen LogP contribution is 2.35. The van der Waals surface area contributed by atoms with Crippen LogP contribution < -0.4 is 0 Å². The molecule has 0 bridgehead atoms. The fourth-order valence-corrected chi connectivity index (χ4v) is 3.91. The van der Waals surface area contributed by atoms with E-state index in [0.29, 0.717) is 17.8 Å². The van der Waals surface area contributed by atoms with Gasteiger partial charge in [-0.2, -0.15) is 4.98 Å². The molecular weight excluding hydrogens is 294 g/mol. The summed E-state index contributed by atoms with van der Waals surface area (Å²) in [4.78, 5) is 8.41. The predicted octanol–water partition coefficient (Wildman–Crippen LogP) is 4.14. The predicted molar refractivity (Wildman–Crippen MR) is 86.4 cm³/mol. The molecule has 0 N–H and O–H groups in total. The lowest BCUT2D eigenvalue weighted by atomic mass is 10.2. The summed E-state index contributed by atoms with van der Waals surface area (Å²) < 4.78 is 5.45. The number of thiophene rings is 1. The summed E-state index contributed by atoms with van der Waals surface area (Å²) in [6.45, 7) is 1.81. The Balaban J connectivity index is 1.51. The first-order chi connectivity index (χ1) is 10.9. The summed E-state index contributed by atoms with van der Waals surface area (Å²) in [6, 6.07) is 14.8. The van der Waals surface area contributed by atoms with Crippen molar-refractivity contribution in [3.8, 4) is 11.4 Å². The molecule has 0 spiro atoms. The number of benzene rings is 1. The maximum Gasteiger partial charge on any atom is 0.241 e. The van der Waals surface area contributed by atoms with Crippen LogP contribution in [0.25, 0.3) is 11.4 Å². The van der Waals surface area contributed by atoms with E-state index in [9.17, 15) is 0 Å². The van der Waals surface area contributed by atoms with Crippen molar-refractivity contribution in [2.24, 2.45) is 0 Å². The summed E-state index contributed by atoms with van der Waals surface area (Å²) in [5.74, 6) is 1.37. The fraction of sp³-hybridized carbons (Fsp3) is 0.294. The van der Waals surface area contributed by atoms with E-state index in [0.717, 1.165) is 18.7 Å². The fourth-order valence-electron chi connectivity index (χ4n) is 3.02. The normalized spacial score (nSPS) is 18.8.